The van der Waals surface area contributed by atoms with Crippen LogP contribution in [0.25, 0.3) is 0 Å². The molecule has 0 aromatic heterocycles. The maximum absolute atomic E-state index is 12.3. The van der Waals surface area contributed by atoms with E-state index < -0.39 is 23.8 Å². The molecular weight excluding hydrogens is 314 g/mol. The number of carbonyl (C=O) groups is 4. The predicted molar refractivity (Wildman–Crippen MR) is 85.6 cm³/mol. The molecular formula is C16H19N3O5. The van der Waals surface area contributed by atoms with Gasteiger partial charge in [-0.1, -0.05) is 43.0 Å². The van der Waals surface area contributed by atoms with Gasteiger partial charge in [-0.15, -0.1) is 0 Å². The van der Waals surface area contributed by atoms with Gasteiger partial charge in [-0.25, -0.2) is 0 Å². The number of hydrogen-bond donors (Lipinski definition) is 3. The maximum atomic E-state index is 12.3. The molecule has 1 aromatic carbocycles. The lowest BCUT2D eigenvalue weighted by atomic mass is 10.1. The Labute approximate surface area is 139 Å². The van der Waals surface area contributed by atoms with Crippen molar-refractivity contribution in [3.8, 4) is 0 Å². The van der Waals surface area contributed by atoms with Crippen molar-refractivity contribution in [1.82, 2.24) is 16.0 Å². The second kappa shape index (κ2) is 10.5. The number of hydrogen-bond acceptors (Lipinski definition) is 5. The van der Waals surface area contributed by atoms with Crippen LogP contribution < -0.4 is 16.0 Å². The fraction of sp³-hybridized carbons (Fsp3) is 0.250. The Kier molecular flexibility index (Phi) is 8.30. The van der Waals surface area contributed by atoms with Crippen LogP contribution in [0.1, 0.15) is 11.6 Å². The van der Waals surface area contributed by atoms with Gasteiger partial charge in [0.1, 0.15) is 19.2 Å². The molecule has 0 aliphatic rings. The van der Waals surface area contributed by atoms with Crippen LogP contribution in [0.15, 0.2) is 43.0 Å². The lowest BCUT2D eigenvalue weighted by Gasteiger charge is -2.18. The van der Waals surface area contributed by atoms with Crippen molar-refractivity contribution < 1.29 is 23.9 Å². The molecule has 8 nitrogen and oxygen atoms in total. The topological polar surface area (TPSA) is 114 Å². The zero-order valence-corrected chi connectivity index (χ0v) is 13.0. The minimum Gasteiger partial charge on any atom is -0.460 e. The molecule has 3 N–H and O–H groups in total. The summed E-state index contributed by atoms with van der Waals surface area (Å²) in [6.07, 6.45) is 1.79. The molecule has 128 valence electrons. The zero-order valence-electron chi connectivity index (χ0n) is 13.0. The van der Waals surface area contributed by atoms with E-state index in [-0.39, 0.29) is 19.7 Å². The summed E-state index contributed by atoms with van der Waals surface area (Å²) in [5.74, 6) is -1.74. The van der Waals surface area contributed by atoms with E-state index in [9.17, 15) is 19.2 Å². The molecule has 0 aliphatic carbocycles. The van der Waals surface area contributed by atoms with Crippen molar-refractivity contribution in [1.29, 1.82) is 0 Å². The van der Waals surface area contributed by atoms with Gasteiger partial charge in [0.05, 0.1) is 6.54 Å². The first-order valence-electron chi connectivity index (χ1n) is 7.14. The van der Waals surface area contributed by atoms with E-state index >= 15 is 0 Å². The van der Waals surface area contributed by atoms with E-state index in [1.54, 1.807) is 30.3 Å². The van der Waals surface area contributed by atoms with E-state index in [4.69, 9.17) is 4.74 Å². The summed E-state index contributed by atoms with van der Waals surface area (Å²) in [7, 11) is 0. The Balaban J connectivity index is 2.71. The summed E-state index contributed by atoms with van der Waals surface area (Å²) in [5.41, 5.74) is 0.536. The van der Waals surface area contributed by atoms with Crippen molar-refractivity contribution in [2.75, 3.05) is 19.7 Å². The van der Waals surface area contributed by atoms with Gasteiger partial charge in [0, 0.05) is 0 Å². The van der Waals surface area contributed by atoms with Crippen molar-refractivity contribution in [3.05, 3.63) is 48.6 Å². The number of nitrogens with one attached hydrogen (secondary N) is 3. The van der Waals surface area contributed by atoms with E-state index in [1.165, 1.54) is 6.08 Å². The Morgan fingerprint density at radius 2 is 1.88 bits per heavy atom. The van der Waals surface area contributed by atoms with Gasteiger partial charge in [-0.2, -0.15) is 0 Å². The second-order valence-electron chi connectivity index (χ2n) is 4.60. The molecule has 0 unspecified atom stereocenters. The van der Waals surface area contributed by atoms with Gasteiger partial charge in [-0.3, -0.25) is 19.2 Å². The largest absolute Gasteiger partial charge is 0.460 e. The lowest BCUT2D eigenvalue weighted by Crippen LogP contribution is -2.44. The molecule has 24 heavy (non-hydrogen) atoms. The standard InChI is InChI=1S/C16H19N3O5/c1-2-8-24-14(22)10-18-16(23)15(12-6-4-3-5-7-12)19-13(21)9-17-11-20/h2-7,11,15H,1,8-10H2,(H,17,20)(H,18,23)(H,19,21)/t15-/m0/s1. The number of carbonyl (C=O) groups excluding carboxylic acids is 4. The molecule has 1 rings (SSSR count). The van der Waals surface area contributed by atoms with Crippen molar-refractivity contribution >= 4 is 24.2 Å². The van der Waals surface area contributed by atoms with E-state index in [0.717, 1.165) is 0 Å². The third-order valence-corrected chi connectivity index (χ3v) is 2.82. The van der Waals surface area contributed by atoms with Gasteiger partial charge in [-0.05, 0) is 5.56 Å². The summed E-state index contributed by atoms with van der Waals surface area (Å²) in [4.78, 5) is 45.7. The number of ether oxygens (including phenoxy) is 1. The third kappa shape index (κ3) is 6.73. The summed E-state index contributed by atoms with van der Waals surface area (Å²) >= 11 is 0. The average Bonchev–Trinajstić information content (AvgIpc) is 2.61. The van der Waals surface area contributed by atoms with Crippen LogP contribution in [0.3, 0.4) is 0 Å². The van der Waals surface area contributed by atoms with Crippen LogP contribution in [0, 0.1) is 0 Å². The number of benzene rings is 1. The molecule has 8 heteroatoms. The molecule has 0 aliphatic heterocycles. The maximum Gasteiger partial charge on any atom is 0.325 e. The molecule has 0 spiro atoms. The molecule has 0 bridgehead atoms. The van der Waals surface area contributed by atoms with Crippen molar-refractivity contribution in [3.63, 3.8) is 0 Å². The van der Waals surface area contributed by atoms with Gasteiger partial charge >= 0.3 is 5.97 Å². The fourth-order valence-electron chi connectivity index (χ4n) is 1.76. The summed E-state index contributed by atoms with van der Waals surface area (Å²) in [5, 5.41) is 7.10. The molecule has 1 atom stereocenters. The molecule has 0 fully saturated rings. The van der Waals surface area contributed by atoms with Crippen LogP contribution in [0.5, 0.6) is 0 Å². The Morgan fingerprint density at radius 3 is 2.50 bits per heavy atom. The first-order valence-corrected chi connectivity index (χ1v) is 7.14. The normalized spacial score (nSPS) is 10.8. The molecule has 3 amide bonds. The highest BCUT2D eigenvalue weighted by atomic mass is 16.5. The number of esters is 1. The van der Waals surface area contributed by atoms with E-state index in [1.807, 2.05) is 0 Å². The van der Waals surface area contributed by atoms with Crippen LogP contribution in [0.4, 0.5) is 0 Å². The van der Waals surface area contributed by atoms with Crippen molar-refractivity contribution in [2.45, 2.75) is 6.04 Å². The minimum absolute atomic E-state index is 0.0465. The van der Waals surface area contributed by atoms with Crippen LogP contribution in [-0.2, 0) is 23.9 Å². The van der Waals surface area contributed by atoms with Gasteiger partial charge in [0.25, 0.3) is 0 Å². The summed E-state index contributed by atoms with van der Waals surface area (Å²) < 4.78 is 4.75. The smallest absolute Gasteiger partial charge is 0.325 e. The fourth-order valence-corrected chi connectivity index (χ4v) is 1.76. The quantitative estimate of drug-likeness (QED) is 0.302. The Hall–Kier alpha value is -3.16. The Morgan fingerprint density at radius 1 is 1.17 bits per heavy atom. The predicted octanol–water partition coefficient (Wildman–Crippen LogP) is -0.565. The zero-order chi connectivity index (χ0) is 17.8. The first kappa shape index (κ1) is 18.9. The SMILES string of the molecule is C=CCOC(=O)CNC(=O)[C@@H](NC(=O)CNC=O)c1ccccc1. The number of rotatable bonds is 10. The summed E-state index contributed by atoms with van der Waals surface area (Å²) in [6.45, 7) is 2.86. The van der Waals surface area contributed by atoms with Gasteiger partial charge in [0.15, 0.2) is 0 Å². The molecule has 0 saturated heterocycles. The highest BCUT2D eigenvalue weighted by Crippen LogP contribution is 2.12. The number of amides is 3. The van der Waals surface area contributed by atoms with E-state index in [0.29, 0.717) is 12.0 Å². The van der Waals surface area contributed by atoms with Gasteiger partial charge in [0.2, 0.25) is 18.2 Å². The lowest BCUT2D eigenvalue weighted by molar-refractivity contribution is -0.143. The average molecular weight is 333 g/mol. The van der Waals surface area contributed by atoms with Crippen LogP contribution in [-0.4, -0.2) is 43.9 Å². The second-order valence-corrected chi connectivity index (χ2v) is 4.60. The first-order chi connectivity index (χ1) is 11.6. The summed E-state index contributed by atoms with van der Waals surface area (Å²) in [6, 6.07) is 7.51. The van der Waals surface area contributed by atoms with Crippen molar-refractivity contribution in [2.24, 2.45) is 0 Å². The monoisotopic (exact) mass is 333 g/mol. The highest BCUT2D eigenvalue weighted by molar-refractivity contribution is 5.91. The molecule has 0 saturated carbocycles. The van der Waals surface area contributed by atoms with Crippen LogP contribution in [0.2, 0.25) is 0 Å². The minimum atomic E-state index is -1.00. The van der Waals surface area contributed by atoms with E-state index in [2.05, 4.69) is 22.5 Å². The molecule has 0 heterocycles. The third-order valence-electron chi connectivity index (χ3n) is 2.82. The van der Waals surface area contributed by atoms with Gasteiger partial charge < -0.3 is 20.7 Å². The highest BCUT2D eigenvalue weighted by Gasteiger charge is 2.23. The van der Waals surface area contributed by atoms with Crippen LogP contribution >= 0.6 is 0 Å². The molecule has 1 aromatic rings. The molecule has 0 radical (unpaired) electrons. The Bertz CT molecular complexity index is 589.